The van der Waals surface area contributed by atoms with E-state index in [1.54, 1.807) is 28.7 Å². The molecule has 0 aliphatic carbocycles. The Morgan fingerprint density at radius 2 is 2.56 bits per heavy atom. The largest absolute Gasteiger partial charge is 0.434 e. The topological polar surface area (TPSA) is 50.1 Å². The number of alkyl halides is 1. The highest BCUT2D eigenvalue weighted by Gasteiger charge is 2.03. The van der Waals surface area contributed by atoms with Gasteiger partial charge in [-0.15, -0.1) is 0 Å². The molecule has 0 heterocycles. The molecule has 9 heavy (non-hydrogen) atoms. The summed E-state index contributed by atoms with van der Waals surface area (Å²) in [5.74, 6) is -0.573. The Morgan fingerprint density at radius 3 is 2.89 bits per heavy atom. The summed E-state index contributed by atoms with van der Waals surface area (Å²) in [6.45, 7) is 3.16. The summed E-state index contributed by atoms with van der Waals surface area (Å²) < 4.78 is 3.70. The zero-order chi connectivity index (χ0) is 7.28. The molecular formula is C5H4INO2. The first-order valence-electron chi connectivity index (χ1n) is 2.07. The number of halogens is 1. The van der Waals surface area contributed by atoms with Crippen LogP contribution in [-0.4, -0.2) is 10.1 Å². The van der Waals surface area contributed by atoms with Crippen molar-refractivity contribution in [3.8, 4) is 6.07 Å². The molecular weight excluding hydrogens is 233 g/mol. The Morgan fingerprint density at radius 1 is 2.00 bits per heavy atom. The lowest BCUT2D eigenvalue weighted by molar-refractivity contribution is -0.137. The number of hydrogen-bond donors (Lipinski definition) is 0. The Kier molecular flexibility index (Phi) is 4.05. The lowest BCUT2D eigenvalue weighted by Gasteiger charge is -1.98. The van der Waals surface area contributed by atoms with Crippen LogP contribution >= 0.6 is 22.6 Å². The highest BCUT2D eigenvalue weighted by atomic mass is 127. The van der Waals surface area contributed by atoms with Crippen LogP contribution in [0.3, 0.4) is 0 Å². The van der Waals surface area contributed by atoms with Crippen LogP contribution in [0.5, 0.6) is 0 Å². The van der Waals surface area contributed by atoms with Crippen molar-refractivity contribution in [3.05, 3.63) is 12.7 Å². The zero-order valence-electron chi connectivity index (χ0n) is 4.50. The Bertz CT molecular complexity index is 161. The van der Waals surface area contributed by atoms with Gasteiger partial charge < -0.3 is 4.74 Å². The summed E-state index contributed by atoms with van der Waals surface area (Å²) in [7, 11) is 0. The summed E-state index contributed by atoms with van der Waals surface area (Å²) in [5, 5.41) is 8.11. The third-order valence-corrected chi connectivity index (χ3v) is 1.02. The zero-order valence-corrected chi connectivity index (χ0v) is 6.66. The van der Waals surface area contributed by atoms with Crippen LogP contribution in [0.15, 0.2) is 12.7 Å². The van der Waals surface area contributed by atoms with Crippen molar-refractivity contribution in [2.24, 2.45) is 0 Å². The van der Waals surface area contributed by atoms with Crippen molar-refractivity contribution in [1.82, 2.24) is 0 Å². The molecule has 0 N–H and O–H groups in total. The molecule has 0 rings (SSSR count). The SMILES string of the molecule is C=CC(=O)OC(I)C#N. The highest BCUT2D eigenvalue weighted by Crippen LogP contribution is 2.00. The normalized spacial score (nSPS) is 11.1. The second-order valence-corrected chi connectivity index (χ2v) is 2.22. The number of rotatable bonds is 2. The van der Waals surface area contributed by atoms with E-state index < -0.39 is 10.1 Å². The van der Waals surface area contributed by atoms with Gasteiger partial charge in [0.2, 0.25) is 4.11 Å². The average Bonchev–Trinajstić information content (AvgIpc) is 1.87. The van der Waals surface area contributed by atoms with Gasteiger partial charge in [-0.05, 0) is 22.6 Å². The smallest absolute Gasteiger partial charge is 0.332 e. The summed E-state index contributed by atoms with van der Waals surface area (Å²) in [5.41, 5.74) is 0. The first kappa shape index (κ1) is 8.43. The maximum Gasteiger partial charge on any atom is 0.332 e. The van der Waals surface area contributed by atoms with Gasteiger partial charge in [-0.25, -0.2) is 4.79 Å². The molecule has 0 aromatic rings. The summed E-state index contributed by atoms with van der Waals surface area (Å²) in [4.78, 5) is 10.3. The minimum absolute atomic E-state index is 0.573. The fourth-order valence-electron chi connectivity index (χ4n) is 0.176. The van der Waals surface area contributed by atoms with Gasteiger partial charge in [0.25, 0.3) is 0 Å². The van der Waals surface area contributed by atoms with Gasteiger partial charge in [0.1, 0.15) is 6.07 Å². The van der Waals surface area contributed by atoms with E-state index in [-0.39, 0.29) is 0 Å². The average molecular weight is 237 g/mol. The Balaban J connectivity index is 3.62. The highest BCUT2D eigenvalue weighted by molar-refractivity contribution is 14.1. The fraction of sp³-hybridized carbons (Fsp3) is 0.200. The molecule has 0 aliphatic rings. The van der Waals surface area contributed by atoms with Crippen molar-refractivity contribution in [3.63, 3.8) is 0 Å². The molecule has 0 bridgehead atoms. The number of nitriles is 1. The quantitative estimate of drug-likeness (QED) is 0.311. The van der Waals surface area contributed by atoms with Gasteiger partial charge in [-0.2, -0.15) is 5.26 Å². The van der Waals surface area contributed by atoms with Crippen LogP contribution in [0.25, 0.3) is 0 Å². The molecule has 0 aromatic carbocycles. The van der Waals surface area contributed by atoms with E-state index in [1.165, 1.54) is 0 Å². The second kappa shape index (κ2) is 4.32. The molecule has 0 spiro atoms. The van der Waals surface area contributed by atoms with Crippen molar-refractivity contribution in [2.75, 3.05) is 0 Å². The minimum Gasteiger partial charge on any atom is -0.434 e. The monoisotopic (exact) mass is 237 g/mol. The molecule has 1 unspecified atom stereocenters. The van der Waals surface area contributed by atoms with Gasteiger partial charge in [-0.3, -0.25) is 0 Å². The van der Waals surface area contributed by atoms with Gasteiger partial charge >= 0.3 is 5.97 Å². The molecule has 3 nitrogen and oxygen atoms in total. The summed E-state index contributed by atoms with van der Waals surface area (Å²) in [6.07, 6.45) is 1.02. The summed E-state index contributed by atoms with van der Waals surface area (Å²) in [6, 6.07) is 1.73. The predicted molar refractivity (Wildman–Crippen MR) is 39.7 cm³/mol. The standard InChI is InChI=1S/C5H4INO2/c1-2-5(8)9-4(6)3-7/h2,4H,1H2. The van der Waals surface area contributed by atoms with Crippen LogP contribution in [0.4, 0.5) is 0 Å². The van der Waals surface area contributed by atoms with E-state index in [1.807, 2.05) is 0 Å². The molecule has 1 atom stereocenters. The van der Waals surface area contributed by atoms with Crippen LogP contribution in [0, 0.1) is 11.3 Å². The van der Waals surface area contributed by atoms with Crippen molar-refractivity contribution >= 4 is 28.6 Å². The first-order valence-corrected chi connectivity index (χ1v) is 3.32. The van der Waals surface area contributed by atoms with Gasteiger partial charge in [-0.1, -0.05) is 6.58 Å². The van der Waals surface area contributed by atoms with Crippen molar-refractivity contribution < 1.29 is 9.53 Å². The number of hydrogen-bond acceptors (Lipinski definition) is 3. The Labute approximate surface area is 66.4 Å². The predicted octanol–water partition coefficient (Wildman–Crippen LogP) is 1.00. The minimum atomic E-state index is -0.715. The van der Waals surface area contributed by atoms with Gasteiger partial charge in [0.15, 0.2) is 0 Å². The van der Waals surface area contributed by atoms with E-state index in [2.05, 4.69) is 11.3 Å². The lowest BCUT2D eigenvalue weighted by atomic mass is 10.6. The van der Waals surface area contributed by atoms with Crippen molar-refractivity contribution in [2.45, 2.75) is 4.11 Å². The maximum absolute atomic E-state index is 10.3. The van der Waals surface area contributed by atoms with Gasteiger partial charge in [0.05, 0.1) is 0 Å². The molecule has 0 saturated carbocycles. The molecule has 0 saturated heterocycles. The summed E-state index contributed by atoms with van der Waals surface area (Å²) >= 11 is 1.69. The van der Waals surface area contributed by atoms with E-state index >= 15 is 0 Å². The third-order valence-electron chi connectivity index (χ3n) is 0.488. The maximum atomic E-state index is 10.3. The second-order valence-electron chi connectivity index (χ2n) is 1.09. The molecule has 0 aromatic heterocycles. The molecule has 4 heteroatoms. The van der Waals surface area contributed by atoms with Crippen LogP contribution in [0.1, 0.15) is 0 Å². The van der Waals surface area contributed by atoms with E-state index in [4.69, 9.17) is 5.26 Å². The van der Waals surface area contributed by atoms with Gasteiger partial charge in [0, 0.05) is 6.08 Å². The van der Waals surface area contributed by atoms with Crippen LogP contribution in [-0.2, 0) is 9.53 Å². The number of nitrogens with zero attached hydrogens (tertiary/aromatic N) is 1. The lowest BCUT2D eigenvalue weighted by Crippen LogP contribution is -2.06. The third kappa shape index (κ3) is 3.97. The molecule has 48 valence electrons. The molecule has 0 aliphatic heterocycles. The number of carbonyl (C=O) groups is 1. The first-order chi connectivity index (χ1) is 4.20. The number of ether oxygens (including phenoxy) is 1. The van der Waals surface area contributed by atoms with Crippen LogP contribution < -0.4 is 0 Å². The fourth-order valence-corrected chi connectivity index (χ4v) is 0.427. The van der Waals surface area contributed by atoms with E-state index in [0.29, 0.717) is 0 Å². The van der Waals surface area contributed by atoms with E-state index in [9.17, 15) is 4.79 Å². The van der Waals surface area contributed by atoms with Crippen LogP contribution in [0.2, 0.25) is 0 Å². The van der Waals surface area contributed by atoms with Crippen molar-refractivity contribution in [1.29, 1.82) is 5.26 Å². The molecule has 0 amide bonds. The molecule has 0 fully saturated rings. The number of carbonyl (C=O) groups excluding carboxylic acids is 1. The van der Waals surface area contributed by atoms with E-state index in [0.717, 1.165) is 6.08 Å². The molecule has 0 radical (unpaired) electrons. The Hall–Kier alpha value is -0.570. The number of esters is 1.